The molecular weight excluding hydrogens is 222 g/mol. The van der Waals surface area contributed by atoms with Crippen molar-refractivity contribution in [3.63, 3.8) is 0 Å². The highest BCUT2D eigenvalue weighted by molar-refractivity contribution is 5.27. The van der Waals surface area contributed by atoms with Crippen molar-refractivity contribution >= 4 is 0 Å². The topological polar surface area (TPSA) is 12.5 Å². The summed E-state index contributed by atoms with van der Waals surface area (Å²) in [6, 6.07) is 11.2. The van der Waals surface area contributed by atoms with Crippen molar-refractivity contribution in [2.24, 2.45) is 0 Å². The first-order valence-electron chi connectivity index (χ1n) is 7.25. The number of hydrogen-bond acceptors (Lipinski definition) is 2. The van der Waals surface area contributed by atoms with Crippen LogP contribution >= 0.6 is 0 Å². The van der Waals surface area contributed by atoms with Gasteiger partial charge in [0.05, 0.1) is 13.2 Å². The molecule has 0 spiro atoms. The number of benzene rings is 1. The zero-order chi connectivity index (χ0) is 12.3. The normalized spacial score (nSPS) is 24.2. The molecule has 1 saturated heterocycles. The molecule has 1 heterocycles. The molecule has 0 atom stereocenters. The molecule has 0 radical (unpaired) electrons. The summed E-state index contributed by atoms with van der Waals surface area (Å²) in [5, 5.41) is 0. The number of rotatable bonds is 3. The summed E-state index contributed by atoms with van der Waals surface area (Å²) in [6.07, 6.45) is 5.49. The van der Waals surface area contributed by atoms with Crippen LogP contribution in [0.3, 0.4) is 0 Å². The Hall–Kier alpha value is -0.860. The van der Waals surface area contributed by atoms with Crippen molar-refractivity contribution < 1.29 is 4.74 Å². The van der Waals surface area contributed by atoms with Crippen molar-refractivity contribution in [3.05, 3.63) is 35.9 Å². The maximum Gasteiger partial charge on any atom is 0.0594 e. The summed E-state index contributed by atoms with van der Waals surface area (Å²) < 4.78 is 5.46. The predicted molar refractivity (Wildman–Crippen MR) is 73.8 cm³/mol. The Morgan fingerprint density at radius 3 is 2.33 bits per heavy atom. The molecule has 3 rings (SSSR count). The summed E-state index contributed by atoms with van der Waals surface area (Å²) in [5.41, 5.74) is 1.97. The molecule has 1 aliphatic carbocycles. The van der Waals surface area contributed by atoms with Gasteiger partial charge in [0.25, 0.3) is 0 Å². The lowest BCUT2D eigenvalue weighted by atomic mass is 9.78. The molecule has 1 aromatic carbocycles. The highest BCUT2D eigenvalue weighted by atomic mass is 16.5. The lowest BCUT2D eigenvalue weighted by Crippen LogP contribution is -2.44. The molecule has 0 unspecified atom stereocenters. The van der Waals surface area contributed by atoms with E-state index in [0.717, 1.165) is 26.3 Å². The quantitative estimate of drug-likeness (QED) is 0.812. The van der Waals surface area contributed by atoms with E-state index in [9.17, 15) is 0 Å². The van der Waals surface area contributed by atoms with Gasteiger partial charge in [-0.15, -0.1) is 0 Å². The molecular formula is C16H23NO. The van der Waals surface area contributed by atoms with Crippen LogP contribution in [0.4, 0.5) is 0 Å². The molecule has 18 heavy (non-hydrogen) atoms. The summed E-state index contributed by atoms with van der Waals surface area (Å²) >= 11 is 0. The van der Waals surface area contributed by atoms with Gasteiger partial charge in [0.15, 0.2) is 0 Å². The van der Waals surface area contributed by atoms with Crippen LogP contribution in [0.15, 0.2) is 30.3 Å². The molecule has 1 aromatic rings. The lowest BCUT2D eigenvalue weighted by Gasteiger charge is -2.37. The van der Waals surface area contributed by atoms with E-state index in [-0.39, 0.29) is 0 Å². The molecule has 2 aliphatic rings. The van der Waals surface area contributed by atoms with Gasteiger partial charge in [-0.3, -0.25) is 4.90 Å². The van der Waals surface area contributed by atoms with Gasteiger partial charge < -0.3 is 4.74 Å². The molecule has 2 nitrogen and oxygen atoms in total. The van der Waals surface area contributed by atoms with E-state index in [1.807, 2.05) is 0 Å². The second-order valence-electron chi connectivity index (χ2n) is 5.74. The zero-order valence-corrected chi connectivity index (χ0v) is 11.1. The third-order valence-electron chi connectivity index (χ3n) is 4.58. The molecule has 98 valence electrons. The molecule has 0 aromatic heterocycles. The number of nitrogens with zero attached hydrogens (tertiary/aromatic N) is 1. The van der Waals surface area contributed by atoms with Crippen LogP contribution in [0, 0.1) is 0 Å². The van der Waals surface area contributed by atoms with Crippen LogP contribution in [-0.2, 0) is 10.2 Å². The predicted octanol–water partition coefficient (Wildman–Crippen LogP) is 2.83. The Morgan fingerprint density at radius 1 is 1.00 bits per heavy atom. The summed E-state index contributed by atoms with van der Waals surface area (Å²) in [7, 11) is 0. The smallest absolute Gasteiger partial charge is 0.0594 e. The van der Waals surface area contributed by atoms with Crippen LogP contribution < -0.4 is 0 Å². The Labute approximate surface area is 110 Å². The Morgan fingerprint density at radius 2 is 1.67 bits per heavy atom. The average Bonchev–Trinajstić information content (AvgIpc) is 2.91. The Balaban J connectivity index is 1.78. The first-order valence-corrected chi connectivity index (χ1v) is 7.25. The van der Waals surface area contributed by atoms with Gasteiger partial charge in [0.1, 0.15) is 0 Å². The van der Waals surface area contributed by atoms with Crippen molar-refractivity contribution in [2.75, 3.05) is 32.8 Å². The van der Waals surface area contributed by atoms with E-state index < -0.39 is 0 Å². The Kier molecular flexibility index (Phi) is 3.67. The van der Waals surface area contributed by atoms with Gasteiger partial charge in [0, 0.05) is 25.0 Å². The highest BCUT2D eigenvalue weighted by Gasteiger charge is 2.37. The van der Waals surface area contributed by atoms with Crippen molar-refractivity contribution in [2.45, 2.75) is 31.1 Å². The van der Waals surface area contributed by atoms with Crippen LogP contribution in [0.1, 0.15) is 31.2 Å². The Bertz CT molecular complexity index is 364. The van der Waals surface area contributed by atoms with E-state index in [2.05, 4.69) is 35.2 Å². The first-order chi connectivity index (χ1) is 8.89. The minimum atomic E-state index is 0.415. The maximum atomic E-state index is 5.46. The fourth-order valence-corrected chi connectivity index (χ4v) is 3.57. The summed E-state index contributed by atoms with van der Waals surface area (Å²) in [4.78, 5) is 2.60. The summed E-state index contributed by atoms with van der Waals surface area (Å²) in [6.45, 7) is 5.25. The van der Waals surface area contributed by atoms with E-state index in [1.165, 1.54) is 32.2 Å². The number of morpholine rings is 1. The second kappa shape index (κ2) is 5.41. The van der Waals surface area contributed by atoms with Crippen molar-refractivity contribution in [1.82, 2.24) is 4.90 Å². The zero-order valence-electron chi connectivity index (χ0n) is 11.1. The fourth-order valence-electron chi connectivity index (χ4n) is 3.57. The third kappa shape index (κ3) is 2.45. The maximum absolute atomic E-state index is 5.46. The molecule has 2 fully saturated rings. The lowest BCUT2D eigenvalue weighted by molar-refractivity contribution is 0.0270. The standard InChI is InChI=1S/C16H23NO/c1-2-6-15(7-3-1)16(8-4-5-9-16)14-17-10-12-18-13-11-17/h1-3,6-7H,4-5,8-14H2. The molecule has 1 saturated carbocycles. The average molecular weight is 245 g/mol. The van der Waals surface area contributed by atoms with Crippen molar-refractivity contribution in [1.29, 1.82) is 0 Å². The van der Waals surface area contributed by atoms with Gasteiger partial charge in [-0.25, -0.2) is 0 Å². The van der Waals surface area contributed by atoms with E-state index in [1.54, 1.807) is 5.56 Å². The molecule has 2 heteroatoms. The van der Waals surface area contributed by atoms with Gasteiger partial charge in [-0.2, -0.15) is 0 Å². The first kappa shape index (κ1) is 12.2. The van der Waals surface area contributed by atoms with Gasteiger partial charge in [-0.05, 0) is 18.4 Å². The molecule has 0 N–H and O–H groups in total. The van der Waals surface area contributed by atoms with Crippen molar-refractivity contribution in [3.8, 4) is 0 Å². The SMILES string of the molecule is c1ccc(C2(CN3CCOCC3)CCCC2)cc1. The number of ether oxygens (including phenoxy) is 1. The van der Waals surface area contributed by atoms with E-state index in [0.29, 0.717) is 5.41 Å². The minimum Gasteiger partial charge on any atom is -0.379 e. The van der Waals surface area contributed by atoms with Crippen LogP contribution in [0.2, 0.25) is 0 Å². The second-order valence-corrected chi connectivity index (χ2v) is 5.74. The van der Waals surface area contributed by atoms with Gasteiger partial charge >= 0.3 is 0 Å². The van der Waals surface area contributed by atoms with E-state index in [4.69, 9.17) is 4.74 Å². The molecule has 1 aliphatic heterocycles. The summed E-state index contributed by atoms with van der Waals surface area (Å²) in [5.74, 6) is 0. The van der Waals surface area contributed by atoms with Crippen LogP contribution in [-0.4, -0.2) is 37.7 Å². The third-order valence-corrected chi connectivity index (χ3v) is 4.58. The van der Waals surface area contributed by atoms with Gasteiger partial charge in [0.2, 0.25) is 0 Å². The largest absolute Gasteiger partial charge is 0.379 e. The van der Waals surface area contributed by atoms with Crippen LogP contribution in [0.25, 0.3) is 0 Å². The van der Waals surface area contributed by atoms with E-state index >= 15 is 0 Å². The monoisotopic (exact) mass is 245 g/mol. The minimum absolute atomic E-state index is 0.415. The molecule has 0 bridgehead atoms. The molecule has 0 amide bonds. The number of hydrogen-bond donors (Lipinski definition) is 0. The fraction of sp³-hybridized carbons (Fsp3) is 0.625. The van der Waals surface area contributed by atoms with Crippen LogP contribution in [0.5, 0.6) is 0 Å². The highest BCUT2D eigenvalue weighted by Crippen LogP contribution is 2.41. The van der Waals surface area contributed by atoms with Gasteiger partial charge in [-0.1, -0.05) is 43.2 Å².